The van der Waals surface area contributed by atoms with Crippen molar-refractivity contribution in [2.24, 2.45) is 0 Å². The van der Waals surface area contributed by atoms with Crippen molar-refractivity contribution in [3.63, 3.8) is 0 Å². The summed E-state index contributed by atoms with van der Waals surface area (Å²) in [7, 11) is 0. The van der Waals surface area contributed by atoms with Gasteiger partial charge in [-0.2, -0.15) is 0 Å². The first-order valence-corrected chi connectivity index (χ1v) is 18.1. The van der Waals surface area contributed by atoms with Crippen LogP contribution < -0.4 is 10.2 Å². The maximum Gasteiger partial charge on any atom is 0.411 e. The van der Waals surface area contributed by atoms with Crippen molar-refractivity contribution < 1.29 is 19.1 Å². The van der Waals surface area contributed by atoms with Gasteiger partial charge in [-0.15, -0.1) is 0 Å². The van der Waals surface area contributed by atoms with Gasteiger partial charge >= 0.3 is 6.09 Å². The van der Waals surface area contributed by atoms with Gasteiger partial charge in [0, 0.05) is 43.3 Å². The summed E-state index contributed by atoms with van der Waals surface area (Å²) in [6, 6.07) is 22.9. The second kappa shape index (κ2) is 16.6. The Kier molecular flexibility index (Phi) is 12.3. The number of nitrogens with one attached hydrogen (secondary N) is 1. The zero-order valence-corrected chi connectivity index (χ0v) is 30.8. The molecular formula is C41H51ClN4O4. The van der Waals surface area contributed by atoms with Gasteiger partial charge in [0.15, 0.2) is 0 Å². The zero-order chi connectivity index (χ0) is 35.8. The van der Waals surface area contributed by atoms with Crippen LogP contribution in [0.5, 0.6) is 0 Å². The molecule has 50 heavy (non-hydrogen) atoms. The highest BCUT2D eigenvalue weighted by Gasteiger charge is 2.32. The maximum atomic E-state index is 14.0. The molecule has 2 atom stereocenters. The van der Waals surface area contributed by atoms with Gasteiger partial charge in [0.2, 0.25) is 11.8 Å². The molecule has 3 aromatic carbocycles. The molecule has 9 heteroatoms. The third-order valence-corrected chi connectivity index (χ3v) is 9.73. The van der Waals surface area contributed by atoms with E-state index in [1.165, 1.54) is 21.7 Å². The Labute approximate surface area is 302 Å². The highest BCUT2D eigenvalue weighted by molar-refractivity contribution is 6.30. The Balaban J connectivity index is 1.32. The third kappa shape index (κ3) is 10.1. The summed E-state index contributed by atoms with van der Waals surface area (Å²) in [5.74, 6) is -0.0146. The van der Waals surface area contributed by atoms with Crippen LogP contribution in [0, 0.1) is 6.92 Å². The standard InChI is InChI=1S/C41H51ClN4O4/c1-29-11-6-7-12-33(29)28-46(40(49)50-41(3,4)5)30(2)39(48)43-36(25-31-16-18-35(42)19-17-31)26-32-20-23-44(24-21-32)37-14-9-8-13-34(37)27-45-22-10-15-38(45)47/h6-9,11-14,16-19,26,30,36H,10,15,20-25,27-28H2,1-5H3,(H,43,48). The fraction of sp³-hybridized carbons (Fsp3) is 0.439. The van der Waals surface area contributed by atoms with Crippen molar-refractivity contribution in [1.29, 1.82) is 0 Å². The highest BCUT2D eigenvalue weighted by atomic mass is 35.5. The van der Waals surface area contributed by atoms with E-state index in [4.69, 9.17) is 16.3 Å². The number of rotatable bonds is 11. The van der Waals surface area contributed by atoms with Crippen molar-refractivity contribution in [3.8, 4) is 0 Å². The fourth-order valence-corrected chi connectivity index (χ4v) is 6.76. The van der Waals surface area contributed by atoms with E-state index in [1.807, 2.05) is 87.2 Å². The molecule has 0 aromatic heterocycles. The predicted molar refractivity (Wildman–Crippen MR) is 200 cm³/mol. The van der Waals surface area contributed by atoms with E-state index in [9.17, 15) is 14.4 Å². The Hall–Kier alpha value is -4.30. The molecule has 2 aliphatic rings. The zero-order valence-electron chi connectivity index (χ0n) is 30.1. The monoisotopic (exact) mass is 698 g/mol. The van der Waals surface area contributed by atoms with Crippen LogP contribution >= 0.6 is 11.6 Å². The molecule has 0 bridgehead atoms. The summed E-state index contributed by atoms with van der Waals surface area (Å²) in [6.07, 6.45) is 5.53. The summed E-state index contributed by atoms with van der Waals surface area (Å²) in [6.45, 7) is 12.6. The molecule has 2 saturated heterocycles. The second-order valence-electron chi connectivity index (χ2n) is 14.5. The number of ether oxygens (including phenoxy) is 1. The van der Waals surface area contributed by atoms with Crippen molar-refractivity contribution in [3.05, 3.63) is 112 Å². The van der Waals surface area contributed by atoms with E-state index in [1.54, 1.807) is 6.92 Å². The smallest absolute Gasteiger partial charge is 0.411 e. The Bertz CT molecular complexity index is 1670. The number of likely N-dealkylation sites (tertiary alicyclic amines) is 1. The Morgan fingerprint density at radius 2 is 1.60 bits per heavy atom. The van der Waals surface area contributed by atoms with Gasteiger partial charge in [0.1, 0.15) is 11.6 Å². The molecule has 5 rings (SSSR count). The van der Waals surface area contributed by atoms with E-state index in [2.05, 4.69) is 34.5 Å². The van der Waals surface area contributed by atoms with E-state index in [0.29, 0.717) is 24.4 Å². The minimum absolute atomic E-state index is 0.233. The van der Waals surface area contributed by atoms with Crippen LogP contribution in [-0.2, 0) is 33.8 Å². The topological polar surface area (TPSA) is 82.2 Å². The van der Waals surface area contributed by atoms with Gasteiger partial charge in [0.05, 0.1) is 12.6 Å². The lowest BCUT2D eigenvalue weighted by molar-refractivity contribution is -0.128. The first kappa shape index (κ1) is 37.0. The average Bonchev–Trinajstić information content (AvgIpc) is 3.48. The summed E-state index contributed by atoms with van der Waals surface area (Å²) in [4.78, 5) is 45.8. The number of hydrogen-bond donors (Lipinski definition) is 1. The largest absolute Gasteiger partial charge is 0.444 e. The van der Waals surface area contributed by atoms with E-state index in [-0.39, 0.29) is 24.4 Å². The number of carbonyl (C=O) groups excluding carboxylic acids is 3. The number of hydrogen-bond acceptors (Lipinski definition) is 5. The minimum Gasteiger partial charge on any atom is -0.444 e. The lowest BCUT2D eigenvalue weighted by Crippen LogP contribution is -2.51. The lowest BCUT2D eigenvalue weighted by atomic mass is 9.97. The van der Waals surface area contributed by atoms with Gasteiger partial charge in [-0.1, -0.05) is 77.8 Å². The number of benzene rings is 3. The summed E-state index contributed by atoms with van der Waals surface area (Å²) < 4.78 is 5.77. The predicted octanol–water partition coefficient (Wildman–Crippen LogP) is 7.85. The quantitative estimate of drug-likeness (QED) is 0.206. The van der Waals surface area contributed by atoms with Gasteiger partial charge in [-0.25, -0.2) is 4.79 Å². The molecule has 0 saturated carbocycles. The number of aryl methyl sites for hydroxylation is 1. The molecule has 2 heterocycles. The number of carbonyl (C=O) groups is 3. The summed E-state index contributed by atoms with van der Waals surface area (Å²) >= 11 is 6.19. The van der Waals surface area contributed by atoms with Crippen molar-refractivity contribution >= 4 is 35.2 Å². The molecule has 8 nitrogen and oxygen atoms in total. The van der Waals surface area contributed by atoms with E-state index >= 15 is 0 Å². The van der Waals surface area contributed by atoms with Gasteiger partial charge in [0.25, 0.3) is 0 Å². The fourth-order valence-electron chi connectivity index (χ4n) is 6.64. The minimum atomic E-state index is -0.781. The van der Waals surface area contributed by atoms with Crippen LogP contribution in [-0.4, -0.2) is 65.0 Å². The molecule has 3 amide bonds. The molecule has 2 fully saturated rings. The molecule has 2 aliphatic heterocycles. The van der Waals surface area contributed by atoms with E-state index in [0.717, 1.165) is 55.6 Å². The van der Waals surface area contributed by atoms with Crippen molar-refractivity contribution in [2.75, 3.05) is 24.5 Å². The molecule has 3 aromatic rings. The molecule has 266 valence electrons. The van der Waals surface area contributed by atoms with Crippen LogP contribution in [0.15, 0.2) is 84.4 Å². The van der Waals surface area contributed by atoms with Gasteiger partial charge in [-0.05, 0) is 101 Å². The maximum absolute atomic E-state index is 14.0. The lowest BCUT2D eigenvalue weighted by Gasteiger charge is -2.34. The molecule has 0 aliphatic carbocycles. The van der Waals surface area contributed by atoms with Crippen LogP contribution in [0.25, 0.3) is 0 Å². The molecule has 0 radical (unpaired) electrons. The van der Waals surface area contributed by atoms with Crippen LogP contribution in [0.4, 0.5) is 10.5 Å². The highest BCUT2D eigenvalue weighted by Crippen LogP contribution is 2.29. The number of piperidine rings is 1. The number of nitrogens with zero attached hydrogens (tertiary/aromatic N) is 3. The first-order chi connectivity index (χ1) is 23.9. The number of anilines is 1. The number of para-hydroxylation sites is 1. The average molecular weight is 699 g/mol. The first-order valence-electron chi connectivity index (χ1n) is 17.8. The third-order valence-electron chi connectivity index (χ3n) is 9.48. The normalized spacial score (nSPS) is 16.2. The van der Waals surface area contributed by atoms with Crippen LogP contribution in [0.2, 0.25) is 5.02 Å². The Morgan fingerprint density at radius 3 is 2.24 bits per heavy atom. The number of halogens is 1. The van der Waals surface area contributed by atoms with Crippen LogP contribution in [0.1, 0.15) is 75.6 Å². The summed E-state index contributed by atoms with van der Waals surface area (Å²) in [5.41, 5.74) is 5.98. The SMILES string of the molecule is Cc1ccccc1CN(C(=O)OC(C)(C)C)C(C)C(=O)NC(C=C1CCN(c2ccccc2CN2CCCC2=O)CC1)Cc1ccc(Cl)cc1. The van der Waals surface area contributed by atoms with Gasteiger partial charge in [-0.3, -0.25) is 14.5 Å². The molecule has 2 unspecified atom stereocenters. The van der Waals surface area contributed by atoms with Gasteiger partial charge < -0.3 is 19.9 Å². The molecular weight excluding hydrogens is 648 g/mol. The van der Waals surface area contributed by atoms with Crippen molar-refractivity contribution in [1.82, 2.24) is 15.1 Å². The second-order valence-corrected chi connectivity index (χ2v) is 15.0. The van der Waals surface area contributed by atoms with Crippen molar-refractivity contribution in [2.45, 2.75) is 97.5 Å². The summed E-state index contributed by atoms with van der Waals surface area (Å²) in [5, 5.41) is 3.93. The Morgan fingerprint density at radius 1 is 0.940 bits per heavy atom. The number of amides is 3. The van der Waals surface area contributed by atoms with Crippen LogP contribution in [0.3, 0.4) is 0 Å². The molecule has 1 N–H and O–H groups in total. The molecule has 0 spiro atoms. The van der Waals surface area contributed by atoms with E-state index < -0.39 is 17.7 Å².